The number of urea groups is 1. The molecule has 11 heavy (non-hydrogen) atoms. The van der Waals surface area contributed by atoms with Gasteiger partial charge in [0.05, 0.1) is 0 Å². The average molecular weight is 158 g/mol. The van der Waals surface area contributed by atoms with Crippen molar-refractivity contribution < 1.29 is 4.79 Å². The minimum atomic E-state index is -0.312. The molecule has 0 radical (unpaired) electrons. The van der Waals surface area contributed by atoms with Gasteiger partial charge in [-0.3, -0.25) is 0 Å². The lowest BCUT2D eigenvalue weighted by Crippen LogP contribution is -2.36. The molecular formula is C8H18N2O. The smallest absolute Gasteiger partial charge is 0.314 e. The van der Waals surface area contributed by atoms with E-state index in [2.05, 4.69) is 13.8 Å². The van der Waals surface area contributed by atoms with Crippen LogP contribution in [0.1, 0.15) is 27.2 Å². The predicted molar refractivity (Wildman–Crippen MR) is 46.3 cm³/mol. The van der Waals surface area contributed by atoms with E-state index < -0.39 is 0 Å². The van der Waals surface area contributed by atoms with Crippen LogP contribution < -0.4 is 5.73 Å². The van der Waals surface area contributed by atoms with Crippen molar-refractivity contribution >= 4 is 6.03 Å². The Kier molecular flexibility index (Phi) is 4.66. The Morgan fingerprint density at radius 3 is 2.36 bits per heavy atom. The van der Waals surface area contributed by atoms with Crippen molar-refractivity contribution in [2.24, 2.45) is 11.7 Å². The molecule has 0 saturated carbocycles. The second-order valence-electron chi connectivity index (χ2n) is 3.10. The largest absolute Gasteiger partial charge is 0.351 e. The molecule has 2 N–H and O–H groups in total. The molecule has 0 bridgehead atoms. The summed E-state index contributed by atoms with van der Waals surface area (Å²) in [6.07, 6.45) is 1.02. The molecule has 0 aliphatic rings. The zero-order valence-electron chi connectivity index (χ0n) is 7.63. The maximum Gasteiger partial charge on any atom is 0.314 e. The van der Waals surface area contributed by atoms with Gasteiger partial charge in [-0.15, -0.1) is 0 Å². The van der Waals surface area contributed by atoms with Crippen molar-refractivity contribution in [2.45, 2.75) is 27.2 Å². The van der Waals surface area contributed by atoms with Crippen LogP contribution >= 0.6 is 0 Å². The number of carbonyl (C=O) groups excluding carboxylic acids is 1. The summed E-state index contributed by atoms with van der Waals surface area (Å²) in [5.74, 6) is 0.628. The molecule has 2 amide bonds. The number of primary amides is 1. The molecular weight excluding hydrogens is 140 g/mol. The SMILES string of the molecule is CCN(CCC(C)C)C(N)=O. The lowest BCUT2D eigenvalue weighted by molar-refractivity contribution is 0.207. The molecule has 66 valence electrons. The van der Waals surface area contributed by atoms with Gasteiger partial charge in [-0.25, -0.2) is 4.79 Å². The topological polar surface area (TPSA) is 46.3 Å². The van der Waals surface area contributed by atoms with Gasteiger partial charge in [0.1, 0.15) is 0 Å². The Bertz CT molecular complexity index is 123. The number of hydrogen-bond acceptors (Lipinski definition) is 1. The number of carbonyl (C=O) groups is 1. The van der Waals surface area contributed by atoms with Crippen molar-refractivity contribution in [3.05, 3.63) is 0 Å². The number of hydrogen-bond donors (Lipinski definition) is 1. The third-order valence-corrected chi connectivity index (χ3v) is 1.67. The second kappa shape index (κ2) is 4.99. The van der Waals surface area contributed by atoms with Crippen LogP contribution in [0.4, 0.5) is 4.79 Å². The normalized spacial score (nSPS) is 10.2. The second-order valence-corrected chi connectivity index (χ2v) is 3.10. The molecule has 3 heteroatoms. The Labute approximate surface area is 68.6 Å². The van der Waals surface area contributed by atoms with Crippen molar-refractivity contribution in [1.29, 1.82) is 0 Å². The van der Waals surface area contributed by atoms with Crippen molar-refractivity contribution in [1.82, 2.24) is 4.90 Å². The van der Waals surface area contributed by atoms with E-state index in [0.717, 1.165) is 13.0 Å². The molecule has 0 aromatic carbocycles. The van der Waals surface area contributed by atoms with Crippen LogP contribution in [0.2, 0.25) is 0 Å². The predicted octanol–water partition coefficient (Wildman–Crippen LogP) is 1.43. The zero-order valence-corrected chi connectivity index (χ0v) is 7.63. The summed E-state index contributed by atoms with van der Waals surface area (Å²) in [6.45, 7) is 7.69. The van der Waals surface area contributed by atoms with Gasteiger partial charge in [0.2, 0.25) is 0 Å². The Morgan fingerprint density at radius 2 is 2.09 bits per heavy atom. The first-order chi connectivity index (χ1) is 5.07. The first-order valence-corrected chi connectivity index (χ1v) is 4.12. The quantitative estimate of drug-likeness (QED) is 0.661. The van der Waals surface area contributed by atoms with Crippen LogP contribution in [0.15, 0.2) is 0 Å². The third kappa shape index (κ3) is 4.65. The monoisotopic (exact) mass is 158 g/mol. The van der Waals surface area contributed by atoms with Crippen LogP contribution in [0, 0.1) is 5.92 Å². The summed E-state index contributed by atoms with van der Waals surface area (Å²) in [7, 11) is 0. The highest BCUT2D eigenvalue weighted by atomic mass is 16.2. The molecule has 0 rings (SSSR count). The summed E-state index contributed by atoms with van der Waals surface area (Å²) in [5.41, 5.74) is 5.12. The van der Waals surface area contributed by atoms with Crippen molar-refractivity contribution in [3.63, 3.8) is 0 Å². The van der Waals surface area contributed by atoms with E-state index in [9.17, 15) is 4.79 Å². The van der Waals surface area contributed by atoms with Gasteiger partial charge < -0.3 is 10.6 Å². The standard InChI is InChI=1S/C8H18N2O/c1-4-10(8(9)11)6-5-7(2)3/h7H,4-6H2,1-3H3,(H2,9,11). The van der Waals surface area contributed by atoms with E-state index in [1.54, 1.807) is 4.90 Å². The maximum atomic E-state index is 10.7. The van der Waals surface area contributed by atoms with E-state index in [-0.39, 0.29) is 6.03 Å². The Hall–Kier alpha value is -0.730. The summed E-state index contributed by atoms with van der Waals surface area (Å²) in [6, 6.07) is -0.312. The van der Waals surface area contributed by atoms with E-state index in [4.69, 9.17) is 5.73 Å². The third-order valence-electron chi connectivity index (χ3n) is 1.67. The van der Waals surface area contributed by atoms with E-state index in [1.165, 1.54) is 0 Å². The Morgan fingerprint density at radius 1 is 1.55 bits per heavy atom. The molecule has 0 aliphatic heterocycles. The molecule has 0 atom stereocenters. The van der Waals surface area contributed by atoms with E-state index in [1.807, 2.05) is 6.92 Å². The van der Waals surface area contributed by atoms with Crippen LogP contribution in [-0.2, 0) is 0 Å². The molecule has 3 nitrogen and oxygen atoms in total. The first-order valence-electron chi connectivity index (χ1n) is 4.12. The van der Waals surface area contributed by atoms with Gasteiger partial charge in [0.25, 0.3) is 0 Å². The molecule has 0 fully saturated rings. The maximum absolute atomic E-state index is 10.7. The molecule has 0 heterocycles. The van der Waals surface area contributed by atoms with Gasteiger partial charge in [-0.1, -0.05) is 13.8 Å². The fraction of sp³-hybridized carbons (Fsp3) is 0.875. The van der Waals surface area contributed by atoms with Gasteiger partial charge in [0, 0.05) is 13.1 Å². The van der Waals surface area contributed by atoms with Crippen LogP contribution in [-0.4, -0.2) is 24.0 Å². The van der Waals surface area contributed by atoms with Gasteiger partial charge in [0.15, 0.2) is 0 Å². The van der Waals surface area contributed by atoms with Gasteiger partial charge in [-0.05, 0) is 19.3 Å². The number of nitrogens with zero attached hydrogens (tertiary/aromatic N) is 1. The fourth-order valence-electron chi connectivity index (χ4n) is 0.838. The Balaban J connectivity index is 3.61. The summed E-state index contributed by atoms with van der Waals surface area (Å²) >= 11 is 0. The lowest BCUT2D eigenvalue weighted by atomic mass is 10.1. The van der Waals surface area contributed by atoms with Crippen LogP contribution in [0.3, 0.4) is 0 Å². The van der Waals surface area contributed by atoms with E-state index >= 15 is 0 Å². The zero-order chi connectivity index (χ0) is 8.85. The van der Waals surface area contributed by atoms with Crippen molar-refractivity contribution in [2.75, 3.05) is 13.1 Å². The highest BCUT2D eigenvalue weighted by Gasteiger charge is 2.06. The fourth-order valence-corrected chi connectivity index (χ4v) is 0.838. The molecule has 0 aromatic rings. The molecule has 0 saturated heterocycles. The van der Waals surface area contributed by atoms with Crippen LogP contribution in [0.5, 0.6) is 0 Å². The van der Waals surface area contributed by atoms with E-state index in [0.29, 0.717) is 12.5 Å². The molecule has 0 spiro atoms. The molecule has 0 unspecified atom stereocenters. The highest BCUT2D eigenvalue weighted by molar-refractivity contribution is 5.71. The van der Waals surface area contributed by atoms with Gasteiger partial charge in [-0.2, -0.15) is 0 Å². The minimum Gasteiger partial charge on any atom is -0.351 e. The first kappa shape index (κ1) is 10.3. The molecule has 0 aliphatic carbocycles. The summed E-state index contributed by atoms with van der Waals surface area (Å²) < 4.78 is 0. The number of amides is 2. The lowest BCUT2D eigenvalue weighted by Gasteiger charge is -2.18. The summed E-state index contributed by atoms with van der Waals surface area (Å²) in [5, 5.41) is 0. The number of nitrogens with two attached hydrogens (primary N) is 1. The minimum absolute atomic E-state index is 0.312. The average Bonchev–Trinajstić information content (AvgIpc) is 1.87. The summed E-state index contributed by atoms with van der Waals surface area (Å²) in [4.78, 5) is 12.3. The van der Waals surface area contributed by atoms with Gasteiger partial charge >= 0.3 is 6.03 Å². The van der Waals surface area contributed by atoms with Crippen LogP contribution in [0.25, 0.3) is 0 Å². The van der Waals surface area contributed by atoms with Crippen molar-refractivity contribution in [3.8, 4) is 0 Å². The highest BCUT2D eigenvalue weighted by Crippen LogP contribution is 2.01. The molecule has 0 aromatic heterocycles. The number of rotatable bonds is 4.